The summed E-state index contributed by atoms with van der Waals surface area (Å²) in [6.07, 6.45) is -3.53. The lowest BCUT2D eigenvalue weighted by Gasteiger charge is -2.21. The summed E-state index contributed by atoms with van der Waals surface area (Å²) in [4.78, 5) is 16.6. The molecule has 2 aromatic rings. The van der Waals surface area contributed by atoms with Gasteiger partial charge in [-0.15, -0.1) is 0 Å². The van der Waals surface area contributed by atoms with Gasteiger partial charge in [0, 0.05) is 0 Å². The fourth-order valence-corrected chi connectivity index (χ4v) is 2.25. The lowest BCUT2D eigenvalue weighted by molar-refractivity contribution is -0.0311. The third-order valence-corrected chi connectivity index (χ3v) is 3.57. The normalized spacial score (nSPS) is 14.7. The Labute approximate surface area is 145 Å². The minimum atomic E-state index is -1.78. The zero-order chi connectivity index (χ0) is 18.2. The van der Waals surface area contributed by atoms with Gasteiger partial charge in [0.05, 0.1) is 17.9 Å². The molecule has 0 saturated heterocycles. The van der Waals surface area contributed by atoms with Crippen molar-refractivity contribution in [2.24, 2.45) is 5.16 Å². The van der Waals surface area contributed by atoms with Crippen LogP contribution in [0.3, 0.4) is 0 Å². The van der Waals surface area contributed by atoms with Crippen LogP contribution in [0.15, 0.2) is 59.8 Å². The van der Waals surface area contributed by atoms with E-state index in [1.165, 1.54) is 14.0 Å². The molecular weight excluding hydrogens is 325 g/mol. The van der Waals surface area contributed by atoms with Crippen LogP contribution in [-0.2, 0) is 9.57 Å². The van der Waals surface area contributed by atoms with Crippen molar-refractivity contribution in [3.05, 3.63) is 60.2 Å². The number of benzene rings is 2. The van der Waals surface area contributed by atoms with Crippen LogP contribution in [0.4, 0.5) is 4.39 Å². The first-order valence-electron chi connectivity index (χ1n) is 7.78. The summed E-state index contributed by atoms with van der Waals surface area (Å²) < 4.78 is 19.1. The van der Waals surface area contributed by atoms with E-state index < -0.39 is 24.3 Å². The van der Waals surface area contributed by atoms with Crippen LogP contribution < -0.4 is 0 Å². The van der Waals surface area contributed by atoms with E-state index in [2.05, 4.69) is 9.99 Å². The maximum Gasteiger partial charge on any atom is 0.338 e. The average molecular weight is 345 g/mol. The molecule has 0 amide bonds. The highest BCUT2D eigenvalue weighted by Crippen LogP contribution is 2.20. The topological polar surface area (TPSA) is 68.1 Å². The minimum absolute atomic E-state index is 0.265. The molecule has 2 rings (SSSR count). The molecule has 0 aromatic heterocycles. The Balaban J connectivity index is 2.10. The van der Waals surface area contributed by atoms with Crippen molar-refractivity contribution >= 4 is 12.2 Å². The molecule has 25 heavy (non-hydrogen) atoms. The van der Waals surface area contributed by atoms with Crippen molar-refractivity contribution < 1.29 is 23.9 Å². The Bertz CT molecular complexity index is 701. The highest BCUT2D eigenvalue weighted by Gasteiger charge is 2.29. The van der Waals surface area contributed by atoms with E-state index in [-0.39, 0.29) is 5.56 Å². The number of ether oxygens (including phenoxy) is 1. The SMILES string of the molecule is CO/N=C/[C@@H](F)[C@H](OC(=O)c1ccc(-c2ccccc2)cc1)[C@@H](C)O. The second kappa shape index (κ2) is 8.94. The Morgan fingerprint density at radius 1 is 1.12 bits per heavy atom. The van der Waals surface area contributed by atoms with Crippen LogP contribution in [-0.4, -0.2) is 42.8 Å². The van der Waals surface area contributed by atoms with Crippen molar-refractivity contribution in [1.29, 1.82) is 0 Å². The van der Waals surface area contributed by atoms with Gasteiger partial charge < -0.3 is 14.7 Å². The number of nitrogens with zero attached hydrogens (tertiary/aromatic N) is 1. The Morgan fingerprint density at radius 2 is 1.72 bits per heavy atom. The fourth-order valence-electron chi connectivity index (χ4n) is 2.25. The zero-order valence-corrected chi connectivity index (χ0v) is 14.0. The van der Waals surface area contributed by atoms with E-state index in [1.807, 2.05) is 30.3 Å². The summed E-state index contributed by atoms with van der Waals surface area (Å²) in [7, 11) is 1.26. The molecule has 2 aromatic carbocycles. The minimum Gasteiger partial charge on any atom is -0.452 e. The summed E-state index contributed by atoms with van der Waals surface area (Å²) in [6, 6.07) is 16.4. The summed E-state index contributed by atoms with van der Waals surface area (Å²) in [5.74, 6) is -0.723. The van der Waals surface area contributed by atoms with Gasteiger partial charge in [-0.25, -0.2) is 9.18 Å². The lowest BCUT2D eigenvalue weighted by Crippen LogP contribution is -2.38. The van der Waals surface area contributed by atoms with Crippen molar-refractivity contribution in [1.82, 2.24) is 0 Å². The number of hydrogen-bond donors (Lipinski definition) is 1. The Morgan fingerprint density at radius 3 is 2.28 bits per heavy atom. The van der Waals surface area contributed by atoms with E-state index in [1.54, 1.807) is 24.3 Å². The molecule has 0 fully saturated rings. The van der Waals surface area contributed by atoms with Crippen molar-refractivity contribution in [2.75, 3.05) is 7.11 Å². The molecule has 0 radical (unpaired) electrons. The molecule has 0 bridgehead atoms. The van der Waals surface area contributed by atoms with Crippen LogP contribution in [0.5, 0.6) is 0 Å². The first-order chi connectivity index (χ1) is 12.0. The van der Waals surface area contributed by atoms with E-state index in [0.717, 1.165) is 17.3 Å². The molecule has 0 aliphatic carbocycles. The number of halogens is 1. The molecule has 0 heterocycles. The van der Waals surface area contributed by atoms with Crippen LogP contribution in [0.1, 0.15) is 17.3 Å². The highest BCUT2D eigenvalue weighted by molar-refractivity contribution is 5.90. The van der Waals surface area contributed by atoms with Crippen molar-refractivity contribution in [2.45, 2.75) is 25.3 Å². The van der Waals surface area contributed by atoms with Crippen LogP contribution in [0.25, 0.3) is 11.1 Å². The van der Waals surface area contributed by atoms with E-state index in [9.17, 15) is 14.3 Å². The molecule has 1 N–H and O–H groups in total. The fraction of sp³-hybridized carbons (Fsp3) is 0.263. The second-order valence-corrected chi connectivity index (χ2v) is 5.44. The average Bonchev–Trinajstić information content (AvgIpc) is 2.64. The summed E-state index contributed by atoms with van der Waals surface area (Å²) >= 11 is 0. The van der Waals surface area contributed by atoms with Gasteiger partial charge in [-0.05, 0) is 30.2 Å². The quantitative estimate of drug-likeness (QED) is 0.475. The molecule has 3 atom stereocenters. The van der Waals surface area contributed by atoms with Crippen molar-refractivity contribution in [3.8, 4) is 11.1 Å². The number of carbonyl (C=O) groups is 1. The smallest absolute Gasteiger partial charge is 0.338 e. The molecule has 6 heteroatoms. The number of aliphatic hydroxyl groups excluding tert-OH is 1. The number of hydrogen-bond acceptors (Lipinski definition) is 5. The number of carbonyl (C=O) groups excluding carboxylic acids is 1. The predicted octanol–water partition coefficient (Wildman–Crippen LogP) is 3.23. The first-order valence-corrected chi connectivity index (χ1v) is 7.78. The summed E-state index contributed by atoms with van der Waals surface area (Å²) in [6.45, 7) is 1.34. The van der Waals surface area contributed by atoms with E-state index >= 15 is 0 Å². The highest BCUT2D eigenvalue weighted by atomic mass is 19.1. The van der Waals surface area contributed by atoms with Gasteiger partial charge in [0.2, 0.25) is 0 Å². The Kier molecular flexibility index (Phi) is 6.65. The molecule has 0 spiro atoms. The maximum absolute atomic E-state index is 14.0. The molecule has 132 valence electrons. The van der Waals surface area contributed by atoms with Gasteiger partial charge in [0.25, 0.3) is 0 Å². The van der Waals surface area contributed by atoms with Gasteiger partial charge in [-0.2, -0.15) is 0 Å². The second-order valence-electron chi connectivity index (χ2n) is 5.44. The maximum atomic E-state index is 14.0. The largest absolute Gasteiger partial charge is 0.452 e. The zero-order valence-electron chi connectivity index (χ0n) is 14.0. The summed E-state index contributed by atoms with van der Waals surface area (Å²) in [5.41, 5.74) is 2.23. The number of esters is 1. The monoisotopic (exact) mass is 345 g/mol. The van der Waals surface area contributed by atoms with Crippen molar-refractivity contribution in [3.63, 3.8) is 0 Å². The number of oxime groups is 1. The Hall–Kier alpha value is -2.73. The molecule has 5 nitrogen and oxygen atoms in total. The third-order valence-electron chi connectivity index (χ3n) is 3.57. The number of aliphatic hydroxyl groups is 1. The molecule has 0 unspecified atom stereocenters. The van der Waals surface area contributed by atoms with Crippen LogP contribution in [0.2, 0.25) is 0 Å². The van der Waals surface area contributed by atoms with Gasteiger partial charge in [0.15, 0.2) is 12.3 Å². The van der Waals surface area contributed by atoms with Gasteiger partial charge >= 0.3 is 5.97 Å². The van der Waals surface area contributed by atoms with Gasteiger partial charge in [-0.1, -0.05) is 47.6 Å². The number of alkyl halides is 1. The molecule has 0 saturated carbocycles. The standard InChI is InChI=1S/C19H20FNO4/c1-13(22)18(17(20)12-21-24-2)25-19(23)16-10-8-15(9-11-16)14-6-4-3-5-7-14/h3-13,17-18,22H,1-2H3/b21-12+/t13-,17-,18-/m1/s1. The van der Waals surface area contributed by atoms with E-state index in [0.29, 0.717) is 0 Å². The predicted molar refractivity (Wildman–Crippen MR) is 93.2 cm³/mol. The van der Waals surface area contributed by atoms with Gasteiger partial charge in [-0.3, -0.25) is 0 Å². The van der Waals surface area contributed by atoms with Crippen LogP contribution in [0, 0.1) is 0 Å². The first kappa shape index (κ1) is 18.6. The van der Waals surface area contributed by atoms with Gasteiger partial charge in [0.1, 0.15) is 7.11 Å². The van der Waals surface area contributed by atoms with E-state index in [4.69, 9.17) is 4.74 Å². The summed E-state index contributed by atoms with van der Waals surface area (Å²) in [5, 5.41) is 12.9. The molecular formula is C19H20FNO4. The third kappa shape index (κ3) is 5.12. The molecule has 0 aliphatic rings. The molecule has 0 aliphatic heterocycles. The van der Waals surface area contributed by atoms with Crippen LogP contribution >= 0.6 is 0 Å². The number of rotatable bonds is 7. The lowest BCUT2D eigenvalue weighted by atomic mass is 10.0.